The summed E-state index contributed by atoms with van der Waals surface area (Å²) in [6.45, 7) is 5.35. The van der Waals surface area contributed by atoms with Crippen LogP contribution >= 0.6 is 0 Å². The molecule has 2 aromatic rings. The second-order valence-corrected chi connectivity index (χ2v) is 6.61. The van der Waals surface area contributed by atoms with Crippen LogP contribution < -0.4 is 14.7 Å². The maximum atomic E-state index is 9.20. The van der Waals surface area contributed by atoms with Crippen molar-refractivity contribution in [3.63, 3.8) is 0 Å². The van der Waals surface area contributed by atoms with E-state index in [1.165, 1.54) is 19.3 Å². The van der Waals surface area contributed by atoms with E-state index in [4.69, 9.17) is 0 Å². The van der Waals surface area contributed by atoms with Crippen molar-refractivity contribution in [2.24, 2.45) is 0 Å². The molecule has 8 heteroatoms. The van der Waals surface area contributed by atoms with Crippen molar-refractivity contribution < 1.29 is 0 Å². The van der Waals surface area contributed by atoms with E-state index >= 15 is 0 Å². The standard InChI is InChI=1S/C18H22N8/c19-14-15-18(21-7-6-20-15)26-12-10-25(11-13-26)17-5-4-16(22-23-17)24-8-2-1-3-9-24/h4-7H,1-3,8-13H2. The summed E-state index contributed by atoms with van der Waals surface area (Å²) in [4.78, 5) is 15.1. The molecule has 0 unspecified atom stereocenters. The Hall–Kier alpha value is -2.95. The minimum absolute atomic E-state index is 0.381. The van der Waals surface area contributed by atoms with Gasteiger partial charge in [-0.05, 0) is 31.4 Å². The molecule has 26 heavy (non-hydrogen) atoms. The molecule has 0 spiro atoms. The zero-order chi connectivity index (χ0) is 17.8. The summed E-state index contributed by atoms with van der Waals surface area (Å²) in [6, 6.07) is 6.26. The number of nitrogens with zero attached hydrogens (tertiary/aromatic N) is 8. The quantitative estimate of drug-likeness (QED) is 0.822. The van der Waals surface area contributed by atoms with Gasteiger partial charge in [-0.15, -0.1) is 10.2 Å². The molecule has 0 saturated carbocycles. The molecule has 0 amide bonds. The average Bonchev–Trinajstić information content (AvgIpc) is 2.74. The van der Waals surface area contributed by atoms with Crippen molar-refractivity contribution in [1.29, 1.82) is 5.26 Å². The fourth-order valence-corrected chi connectivity index (χ4v) is 3.57. The maximum absolute atomic E-state index is 9.20. The highest BCUT2D eigenvalue weighted by Gasteiger charge is 2.22. The van der Waals surface area contributed by atoms with E-state index in [-0.39, 0.29) is 0 Å². The van der Waals surface area contributed by atoms with E-state index in [9.17, 15) is 5.26 Å². The van der Waals surface area contributed by atoms with E-state index in [1.54, 1.807) is 12.4 Å². The van der Waals surface area contributed by atoms with Gasteiger partial charge in [-0.1, -0.05) is 0 Å². The van der Waals surface area contributed by atoms with E-state index in [0.717, 1.165) is 50.9 Å². The SMILES string of the molecule is N#Cc1nccnc1N1CCN(c2ccc(N3CCCCC3)nn2)CC1. The van der Waals surface area contributed by atoms with E-state index in [0.29, 0.717) is 11.5 Å². The molecule has 2 fully saturated rings. The monoisotopic (exact) mass is 350 g/mol. The van der Waals surface area contributed by atoms with Gasteiger partial charge in [-0.2, -0.15) is 5.26 Å². The van der Waals surface area contributed by atoms with Crippen LogP contribution in [0.4, 0.5) is 17.5 Å². The average molecular weight is 350 g/mol. The zero-order valence-electron chi connectivity index (χ0n) is 14.8. The van der Waals surface area contributed by atoms with Gasteiger partial charge in [-0.25, -0.2) is 9.97 Å². The van der Waals surface area contributed by atoms with Crippen LogP contribution in [0.3, 0.4) is 0 Å². The van der Waals surface area contributed by atoms with Gasteiger partial charge in [0.15, 0.2) is 23.1 Å². The van der Waals surface area contributed by atoms with Gasteiger partial charge in [0.25, 0.3) is 0 Å². The summed E-state index contributed by atoms with van der Waals surface area (Å²) in [5.74, 6) is 2.55. The summed E-state index contributed by atoms with van der Waals surface area (Å²) >= 11 is 0. The van der Waals surface area contributed by atoms with Crippen molar-refractivity contribution in [1.82, 2.24) is 20.2 Å². The molecule has 2 aromatic heterocycles. The zero-order valence-corrected chi connectivity index (χ0v) is 14.8. The third-order valence-electron chi connectivity index (χ3n) is 5.00. The Morgan fingerprint density at radius 3 is 1.92 bits per heavy atom. The number of hydrogen-bond acceptors (Lipinski definition) is 8. The molecule has 134 valence electrons. The Balaban J connectivity index is 1.39. The predicted molar refractivity (Wildman–Crippen MR) is 99.3 cm³/mol. The molecule has 2 aliphatic rings. The Kier molecular flexibility index (Phi) is 4.78. The second-order valence-electron chi connectivity index (χ2n) is 6.61. The largest absolute Gasteiger partial charge is 0.355 e. The molecule has 0 N–H and O–H groups in total. The highest BCUT2D eigenvalue weighted by atomic mass is 15.3. The molecular weight excluding hydrogens is 328 g/mol. The lowest BCUT2D eigenvalue weighted by Gasteiger charge is -2.36. The predicted octanol–water partition coefficient (Wildman–Crippen LogP) is 1.46. The number of rotatable bonds is 3. The van der Waals surface area contributed by atoms with Crippen molar-refractivity contribution in [2.75, 3.05) is 54.0 Å². The van der Waals surface area contributed by atoms with Crippen LogP contribution in [0.2, 0.25) is 0 Å². The van der Waals surface area contributed by atoms with Crippen LogP contribution in [0.25, 0.3) is 0 Å². The van der Waals surface area contributed by atoms with Gasteiger partial charge >= 0.3 is 0 Å². The third-order valence-corrected chi connectivity index (χ3v) is 5.00. The molecule has 0 aliphatic carbocycles. The number of nitriles is 1. The summed E-state index contributed by atoms with van der Waals surface area (Å²) in [5, 5.41) is 18.1. The van der Waals surface area contributed by atoms with Crippen LogP contribution in [-0.4, -0.2) is 59.4 Å². The van der Waals surface area contributed by atoms with Crippen LogP contribution in [0, 0.1) is 11.3 Å². The second kappa shape index (κ2) is 7.52. The Morgan fingerprint density at radius 1 is 0.731 bits per heavy atom. The summed E-state index contributed by atoms with van der Waals surface area (Å²) in [5.41, 5.74) is 0.381. The highest BCUT2D eigenvalue weighted by Crippen LogP contribution is 2.21. The van der Waals surface area contributed by atoms with Crippen LogP contribution in [0.15, 0.2) is 24.5 Å². The van der Waals surface area contributed by atoms with Crippen LogP contribution in [-0.2, 0) is 0 Å². The first-order valence-corrected chi connectivity index (χ1v) is 9.15. The minimum atomic E-state index is 0.381. The van der Waals surface area contributed by atoms with Gasteiger partial charge in [0, 0.05) is 51.7 Å². The highest BCUT2D eigenvalue weighted by molar-refractivity contribution is 5.52. The molecule has 0 radical (unpaired) electrons. The molecule has 0 aromatic carbocycles. The van der Waals surface area contributed by atoms with Crippen LogP contribution in [0.1, 0.15) is 25.0 Å². The van der Waals surface area contributed by atoms with Crippen molar-refractivity contribution in [3.05, 3.63) is 30.2 Å². The van der Waals surface area contributed by atoms with Crippen molar-refractivity contribution in [3.8, 4) is 6.07 Å². The number of aromatic nitrogens is 4. The molecule has 2 saturated heterocycles. The van der Waals surface area contributed by atoms with Crippen molar-refractivity contribution >= 4 is 17.5 Å². The summed E-state index contributed by atoms with van der Waals surface area (Å²) in [6.07, 6.45) is 6.97. The topological polar surface area (TPSA) is 85.1 Å². The van der Waals surface area contributed by atoms with E-state index < -0.39 is 0 Å². The van der Waals surface area contributed by atoms with Gasteiger partial charge in [0.05, 0.1) is 0 Å². The number of piperazine rings is 1. The Bertz CT molecular complexity index is 771. The lowest BCUT2D eigenvalue weighted by molar-refractivity contribution is 0.570. The minimum Gasteiger partial charge on any atom is -0.355 e. The molecule has 8 nitrogen and oxygen atoms in total. The molecule has 4 heterocycles. The lowest BCUT2D eigenvalue weighted by Crippen LogP contribution is -2.47. The van der Waals surface area contributed by atoms with Crippen molar-refractivity contribution in [2.45, 2.75) is 19.3 Å². The smallest absolute Gasteiger partial charge is 0.183 e. The first kappa shape index (κ1) is 16.5. The molecule has 4 rings (SSSR count). The third kappa shape index (κ3) is 3.38. The number of piperidine rings is 1. The number of hydrogen-bond donors (Lipinski definition) is 0. The fraction of sp³-hybridized carbons (Fsp3) is 0.500. The normalized spacial score (nSPS) is 17.9. The Labute approximate surface area is 153 Å². The van der Waals surface area contributed by atoms with Gasteiger partial charge in [0.2, 0.25) is 0 Å². The van der Waals surface area contributed by atoms with Crippen LogP contribution in [0.5, 0.6) is 0 Å². The lowest BCUT2D eigenvalue weighted by atomic mass is 10.1. The molecule has 2 aliphatic heterocycles. The summed E-state index contributed by atoms with van der Waals surface area (Å²) in [7, 11) is 0. The summed E-state index contributed by atoms with van der Waals surface area (Å²) < 4.78 is 0. The molecular formula is C18H22N8. The maximum Gasteiger partial charge on any atom is 0.183 e. The first-order chi connectivity index (χ1) is 12.8. The van der Waals surface area contributed by atoms with E-state index in [1.807, 2.05) is 0 Å². The van der Waals surface area contributed by atoms with Gasteiger partial charge in [-0.3, -0.25) is 0 Å². The molecule has 0 bridgehead atoms. The number of anilines is 3. The Morgan fingerprint density at radius 2 is 1.31 bits per heavy atom. The van der Waals surface area contributed by atoms with Gasteiger partial charge < -0.3 is 14.7 Å². The van der Waals surface area contributed by atoms with Gasteiger partial charge in [0.1, 0.15) is 6.07 Å². The van der Waals surface area contributed by atoms with E-state index in [2.05, 4.69) is 53.1 Å². The fourth-order valence-electron chi connectivity index (χ4n) is 3.57. The first-order valence-electron chi connectivity index (χ1n) is 9.15. The molecule has 0 atom stereocenters.